The number of aromatic nitrogens is 1. The first-order valence-electron chi connectivity index (χ1n) is 15.6. The number of hydrogen-bond acceptors (Lipinski definition) is 5. The van der Waals surface area contributed by atoms with Crippen molar-refractivity contribution in [3.63, 3.8) is 0 Å². The van der Waals surface area contributed by atoms with Crippen molar-refractivity contribution in [3.8, 4) is 0 Å². The Bertz CT molecular complexity index is 1130. The SMILES string of the molecule is CO[C@H]1C[C@H]2[C@@H]([C@H](O)C[C@@H]3C[C@H](O)CC[C@@]32C)[C@@H]2CC[C@@H]3[C@@H](CCC(=O)N4CCc5cc(F)cnc54)CC[C@@]132. The van der Waals surface area contributed by atoms with Gasteiger partial charge in [-0.1, -0.05) is 6.92 Å². The maximum absolute atomic E-state index is 13.6. The Morgan fingerprint density at radius 2 is 1.95 bits per heavy atom. The molecular weight excluding hydrogens is 495 g/mol. The van der Waals surface area contributed by atoms with E-state index in [-0.39, 0.29) is 40.9 Å². The van der Waals surface area contributed by atoms with Crippen molar-refractivity contribution in [3.05, 3.63) is 23.6 Å². The molecule has 7 rings (SSSR count). The molecule has 6 aliphatic rings. The highest BCUT2D eigenvalue weighted by Crippen LogP contribution is 2.72. The first kappa shape index (κ1) is 26.3. The van der Waals surface area contributed by atoms with Gasteiger partial charge in [-0.25, -0.2) is 9.37 Å². The molecule has 214 valence electrons. The molecule has 1 spiro atoms. The van der Waals surface area contributed by atoms with Crippen LogP contribution in [-0.4, -0.2) is 53.1 Å². The zero-order chi connectivity index (χ0) is 27.1. The van der Waals surface area contributed by atoms with E-state index in [0.29, 0.717) is 60.7 Å². The lowest BCUT2D eigenvalue weighted by atomic mass is 9.43. The summed E-state index contributed by atoms with van der Waals surface area (Å²) < 4.78 is 20.0. The zero-order valence-corrected chi connectivity index (χ0v) is 23.5. The standard InChI is InChI=1S/C32H45FN2O4/c1-31-10-8-22(36)14-20(31)15-26(37)29-24-5-4-23-18(7-11-32(23,24)27(39-2)16-25(29)31)3-6-28(38)35-12-9-19-13-21(33)17-34-30(19)35/h13,17-18,20,22-27,29,36-37H,3-12,14-16H2,1-2H3/t18-,20-,22+,23+,24-,25-,26+,27-,29-,31-,32+/m0/s1. The highest BCUT2D eigenvalue weighted by atomic mass is 19.1. The van der Waals surface area contributed by atoms with Gasteiger partial charge in [0.05, 0.1) is 24.5 Å². The van der Waals surface area contributed by atoms with Crippen LogP contribution in [0.1, 0.15) is 83.1 Å². The second-order valence-corrected chi connectivity index (χ2v) is 14.2. The number of halogens is 1. The number of hydrogen-bond donors (Lipinski definition) is 2. The quantitative estimate of drug-likeness (QED) is 0.568. The van der Waals surface area contributed by atoms with Gasteiger partial charge in [0.2, 0.25) is 5.91 Å². The average molecular weight is 541 g/mol. The number of amides is 1. The van der Waals surface area contributed by atoms with E-state index in [9.17, 15) is 19.4 Å². The highest BCUT2D eigenvalue weighted by molar-refractivity contribution is 5.94. The average Bonchev–Trinajstić information content (AvgIpc) is 3.60. The first-order valence-corrected chi connectivity index (χ1v) is 15.6. The summed E-state index contributed by atoms with van der Waals surface area (Å²) in [6.07, 6.45) is 12.2. The number of carbonyl (C=O) groups is 1. The molecule has 1 aromatic rings. The molecule has 0 bridgehead atoms. The summed E-state index contributed by atoms with van der Waals surface area (Å²) in [6.45, 7) is 3.04. The van der Waals surface area contributed by atoms with E-state index >= 15 is 0 Å². The van der Waals surface area contributed by atoms with Crippen molar-refractivity contribution in [1.82, 2.24) is 4.98 Å². The Morgan fingerprint density at radius 3 is 2.77 bits per heavy atom. The smallest absolute Gasteiger partial charge is 0.228 e. The fourth-order valence-electron chi connectivity index (χ4n) is 11.5. The van der Waals surface area contributed by atoms with Crippen LogP contribution >= 0.6 is 0 Å². The lowest BCUT2D eigenvalue weighted by Gasteiger charge is -2.64. The summed E-state index contributed by atoms with van der Waals surface area (Å²) in [5.74, 6) is 3.10. The van der Waals surface area contributed by atoms with Crippen molar-refractivity contribution in [2.75, 3.05) is 18.6 Å². The van der Waals surface area contributed by atoms with Gasteiger partial charge in [0.15, 0.2) is 0 Å². The molecule has 11 atom stereocenters. The third-order valence-electron chi connectivity index (χ3n) is 13.1. The van der Waals surface area contributed by atoms with Crippen LogP contribution in [-0.2, 0) is 16.0 Å². The molecule has 7 heteroatoms. The van der Waals surface area contributed by atoms with Gasteiger partial charge in [-0.05, 0) is 123 Å². The van der Waals surface area contributed by atoms with Crippen LogP contribution in [0.2, 0.25) is 0 Å². The predicted octanol–water partition coefficient (Wildman–Crippen LogP) is 4.90. The molecule has 1 amide bonds. The third kappa shape index (κ3) is 3.81. The number of pyridine rings is 1. The van der Waals surface area contributed by atoms with Crippen molar-refractivity contribution < 1.29 is 24.1 Å². The van der Waals surface area contributed by atoms with Gasteiger partial charge in [-0.3, -0.25) is 9.69 Å². The monoisotopic (exact) mass is 540 g/mol. The van der Waals surface area contributed by atoms with E-state index in [1.807, 2.05) is 7.11 Å². The number of anilines is 1. The van der Waals surface area contributed by atoms with Crippen molar-refractivity contribution in [2.24, 2.45) is 46.3 Å². The van der Waals surface area contributed by atoms with Crippen LogP contribution < -0.4 is 4.90 Å². The van der Waals surface area contributed by atoms with Crippen molar-refractivity contribution in [2.45, 2.75) is 102 Å². The summed E-state index contributed by atoms with van der Waals surface area (Å²) in [5, 5.41) is 22.0. The van der Waals surface area contributed by atoms with Crippen LogP contribution in [0.4, 0.5) is 10.2 Å². The zero-order valence-electron chi connectivity index (χ0n) is 23.5. The van der Waals surface area contributed by atoms with Gasteiger partial charge in [-0.2, -0.15) is 0 Å². The Kier molecular flexibility index (Phi) is 6.41. The molecule has 5 saturated carbocycles. The number of fused-ring (bicyclic) bond motifs is 5. The molecule has 0 saturated heterocycles. The lowest BCUT2D eigenvalue weighted by Crippen LogP contribution is -2.62. The summed E-state index contributed by atoms with van der Waals surface area (Å²) in [5.41, 5.74) is 1.12. The normalized spacial score (nSPS) is 46.3. The van der Waals surface area contributed by atoms with Crippen LogP contribution in [0, 0.1) is 52.2 Å². The van der Waals surface area contributed by atoms with Crippen LogP contribution in [0.15, 0.2) is 12.3 Å². The van der Waals surface area contributed by atoms with Gasteiger partial charge in [-0.15, -0.1) is 0 Å². The molecule has 2 N–H and O–H groups in total. The van der Waals surface area contributed by atoms with Crippen molar-refractivity contribution >= 4 is 11.7 Å². The minimum Gasteiger partial charge on any atom is -0.393 e. The molecule has 0 radical (unpaired) electrons. The topological polar surface area (TPSA) is 82.9 Å². The molecule has 0 aromatic carbocycles. The maximum Gasteiger partial charge on any atom is 0.228 e. The third-order valence-corrected chi connectivity index (χ3v) is 13.1. The molecule has 39 heavy (non-hydrogen) atoms. The molecule has 2 heterocycles. The fourth-order valence-corrected chi connectivity index (χ4v) is 11.5. The van der Waals surface area contributed by atoms with Gasteiger partial charge >= 0.3 is 0 Å². The molecule has 1 aromatic heterocycles. The second-order valence-electron chi connectivity index (χ2n) is 14.2. The number of nitrogens with zero attached hydrogens (tertiary/aromatic N) is 2. The lowest BCUT2D eigenvalue weighted by molar-refractivity contribution is -0.211. The number of aliphatic hydroxyl groups is 2. The number of aliphatic hydroxyl groups excluding tert-OH is 2. The largest absolute Gasteiger partial charge is 0.393 e. The Hall–Kier alpha value is -1.57. The summed E-state index contributed by atoms with van der Waals surface area (Å²) in [4.78, 5) is 19.3. The minimum absolute atomic E-state index is 0.108. The van der Waals surface area contributed by atoms with E-state index in [4.69, 9.17) is 4.74 Å². The minimum atomic E-state index is -0.341. The summed E-state index contributed by atoms with van der Waals surface area (Å²) >= 11 is 0. The van der Waals surface area contributed by atoms with E-state index in [1.54, 1.807) is 4.90 Å². The Morgan fingerprint density at radius 1 is 1.13 bits per heavy atom. The van der Waals surface area contributed by atoms with E-state index in [0.717, 1.165) is 63.4 Å². The first-order chi connectivity index (χ1) is 18.8. The molecular formula is C32H45FN2O4. The van der Waals surface area contributed by atoms with Crippen LogP contribution in [0.5, 0.6) is 0 Å². The molecule has 1 aliphatic heterocycles. The molecule has 6 nitrogen and oxygen atoms in total. The van der Waals surface area contributed by atoms with Crippen LogP contribution in [0.3, 0.4) is 0 Å². The van der Waals surface area contributed by atoms with Crippen LogP contribution in [0.25, 0.3) is 0 Å². The fraction of sp³-hybridized carbons (Fsp3) is 0.812. The van der Waals surface area contributed by atoms with Gasteiger partial charge < -0.3 is 14.9 Å². The van der Waals surface area contributed by atoms with E-state index in [2.05, 4.69) is 11.9 Å². The number of methoxy groups -OCH3 is 1. The highest BCUT2D eigenvalue weighted by Gasteiger charge is 2.69. The summed E-state index contributed by atoms with van der Waals surface area (Å²) in [7, 11) is 1.90. The van der Waals surface area contributed by atoms with E-state index < -0.39 is 0 Å². The molecule has 5 fully saturated rings. The summed E-state index contributed by atoms with van der Waals surface area (Å²) in [6, 6.07) is 1.51. The number of ether oxygens (including phenoxy) is 1. The van der Waals surface area contributed by atoms with E-state index in [1.165, 1.54) is 18.7 Å². The maximum atomic E-state index is 13.6. The molecule has 5 aliphatic carbocycles. The Balaban J connectivity index is 1.09. The number of carbonyl (C=O) groups excluding carboxylic acids is 1. The van der Waals surface area contributed by atoms with Gasteiger partial charge in [0.1, 0.15) is 11.6 Å². The van der Waals surface area contributed by atoms with Gasteiger partial charge in [0, 0.05) is 25.5 Å². The number of rotatable bonds is 4. The van der Waals surface area contributed by atoms with Gasteiger partial charge in [0.25, 0.3) is 0 Å². The van der Waals surface area contributed by atoms with Crippen molar-refractivity contribution in [1.29, 1.82) is 0 Å². The second kappa shape index (κ2) is 9.49. The Labute approximate surface area is 231 Å². The molecule has 0 unspecified atom stereocenters. The predicted molar refractivity (Wildman–Crippen MR) is 145 cm³/mol.